The van der Waals surface area contributed by atoms with Crippen molar-refractivity contribution in [3.05, 3.63) is 77.6 Å². The number of hydrogen-bond acceptors (Lipinski definition) is 3. The molecule has 190 valence electrons. The van der Waals surface area contributed by atoms with Crippen LogP contribution in [-0.4, -0.2) is 33.5 Å². The Morgan fingerprint density at radius 1 is 1.06 bits per heavy atom. The second-order valence-electron chi connectivity index (χ2n) is 10.2. The van der Waals surface area contributed by atoms with Crippen LogP contribution in [-0.2, 0) is 4.79 Å². The van der Waals surface area contributed by atoms with E-state index in [-0.39, 0.29) is 29.1 Å². The number of carbonyl (C=O) groups excluding carboxylic acids is 1. The number of aromatic nitrogens is 2. The summed E-state index contributed by atoms with van der Waals surface area (Å²) in [5, 5.41) is 0. The van der Waals surface area contributed by atoms with Crippen molar-refractivity contribution in [3.63, 3.8) is 0 Å². The number of hydrogen-bond donors (Lipinski definition) is 0. The molecule has 1 amide bonds. The first kappa shape index (κ1) is 24.5. The number of carbonyl (C=O) groups is 1. The van der Waals surface area contributed by atoms with Crippen LogP contribution in [0.25, 0.3) is 5.69 Å². The SMILES string of the molecule is CC.COc1cc(C2CC23CCC2CCCC(c4ccc(F)cc4)N2C3=O)ccc1-n1cnc(C)c1. The molecule has 3 aliphatic rings. The van der Waals surface area contributed by atoms with Gasteiger partial charge in [0.1, 0.15) is 11.6 Å². The van der Waals surface area contributed by atoms with Gasteiger partial charge in [0.2, 0.25) is 5.91 Å². The number of benzene rings is 2. The molecule has 4 unspecified atom stereocenters. The number of ether oxygens (including phenoxy) is 1. The van der Waals surface area contributed by atoms with Gasteiger partial charge in [-0.25, -0.2) is 9.37 Å². The number of aryl methyl sites for hydroxylation is 1. The predicted molar refractivity (Wildman–Crippen MR) is 139 cm³/mol. The van der Waals surface area contributed by atoms with E-state index in [0.29, 0.717) is 6.04 Å². The van der Waals surface area contributed by atoms with Crippen molar-refractivity contribution in [2.75, 3.05) is 7.11 Å². The molecule has 1 saturated carbocycles. The predicted octanol–water partition coefficient (Wildman–Crippen LogP) is 6.74. The molecule has 2 aromatic carbocycles. The second kappa shape index (κ2) is 9.72. The number of methoxy groups -OCH3 is 1. The Bertz CT molecular complexity index is 1240. The van der Waals surface area contributed by atoms with Crippen LogP contribution in [0.4, 0.5) is 4.39 Å². The molecule has 4 atom stereocenters. The minimum Gasteiger partial charge on any atom is -0.495 e. The van der Waals surface area contributed by atoms with Gasteiger partial charge in [0, 0.05) is 12.2 Å². The molecule has 1 aliphatic carbocycles. The monoisotopic (exact) mass is 489 g/mol. The van der Waals surface area contributed by atoms with E-state index in [4.69, 9.17) is 4.74 Å². The molecular weight excluding hydrogens is 453 g/mol. The van der Waals surface area contributed by atoms with Gasteiger partial charge < -0.3 is 14.2 Å². The van der Waals surface area contributed by atoms with Crippen molar-refractivity contribution >= 4 is 5.91 Å². The third kappa shape index (κ3) is 4.10. The van der Waals surface area contributed by atoms with Crippen molar-refractivity contribution in [1.29, 1.82) is 0 Å². The first-order valence-electron chi connectivity index (χ1n) is 13.3. The van der Waals surface area contributed by atoms with E-state index in [1.54, 1.807) is 13.4 Å². The highest BCUT2D eigenvalue weighted by Crippen LogP contribution is 2.66. The normalized spacial score (nSPS) is 26.8. The fourth-order valence-corrected chi connectivity index (χ4v) is 6.40. The van der Waals surface area contributed by atoms with Crippen molar-refractivity contribution in [2.45, 2.75) is 77.3 Å². The van der Waals surface area contributed by atoms with Gasteiger partial charge in [-0.2, -0.15) is 0 Å². The van der Waals surface area contributed by atoms with Gasteiger partial charge in [-0.3, -0.25) is 4.79 Å². The maximum Gasteiger partial charge on any atom is 0.230 e. The Kier molecular flexibility index (Phi) is 6.62. The lowest BCUT2D eigenvalue weighted by Gasteiger charge is -2.48. The molecule has 3 aromatic rings. The zero-order chi connectivity index (χ0) is 25.4. The van der Waals surface area contributed by atoms with Crippen LogP contribution in [0.1, 0.15) is 81.2 Å². The fraction of sp³-hybridized carbons (Fsp3) is 0.467. The number of imidazole rings is 1. The molecule has 3 heterocycles. The molecule has 0 bridgehead atoms. The van der Waals surface area contributed by atoms with E-state index in [2.05, 4.69) is 28.1 Å². The summed E-state index contributed by atoms with van der Waals surface area (Å²) in [6.07, 6.45) is 9.77. The first-order valence-corrected chi connectivity index (χ1v) is 13.3. The Morgan fingerprint density at radius 3 is 2.50 bits per heavy atom. The van der Waals surface area contributed by atoms with Crippen molar-refractivity contribution < 1.29 is 13.9 Å². The van der Waals surface area contributed by atoms with Crippen LogP contribution >= 0.6 is 0 Å². The Labute approximate surface area is 213 Å². The lowest BCUT2D eigenvalue weighted by Crippen LogP contribution is -2.52. The molecular formula is C30H36FN3O2. The third-order valence-electron chi connectivity index (χ3n) is 8.25. The number of nitrogens with zero attached hydrogens (tertiary/aromatic N) is 3. The zero-order valence-corrected chi connectivity index (χ0v) is 21.7. The molecule has 5 nitrogen and oxygen atoms in total. The molecule has 0 radical (unpaired) electrons. The Balaban J connectivity index is 0.00000130. The van der Waals surface area contributed by atoms with Gasteiger partial charge in [0.25, 0.3) is 0 Å². The van der Waals surface area contributed by atoms with E-state index in [1.807, 2.05) is 43.7 Å². The molecule has 2 saturated heterocycles. The van der Waals surface area contributed by atoms with Crippen molar-refractivity contribution in [1.82, 2.24) is 14.5 Å². The van der Waals surface area contributed by atoms with Gasteiger partial charge in [0.05, 0.1) is 36.3 Å². The van der Waals surface area contributed by atoms with Gasteiger partial charge in [-0.15, -0.1) is 0 Å². The zero-order valence-electron chi connectivity index (χ0n) is 21.7. The first-order chi connectivity index (χ1) is 17.5. The number of fused-ring (bicyclic) bond motifs is 1. The Morgan fingerprint density at radius 2 is 1.81 bits per heavy atom. The van der Waals surface area contributed by atoms with Crippen LogP contribution in [0, 0.1) is 18.2 Å². The van der Waals surface area contributed by atoms with Gasteiger partial charge in [-0.05, 0) is 86.8 Å². The van der Waals surface area contributed by atoms with E-state index in [9.17, 15) is 9.18 Å². The highest BCUT2D eigenvalue weighted by molar-refractivity contribution is 5.89. The summed E-state index contributed by atoms with van der Waals surface area (Å²) in [5.74, 6) is 1.06. The van der Waals surface area contributed by atoms with Crippen LogP contribution < -0.4 is 4.74 Å². The number of piperidine rings is 2. The minimum absolute atomic E-state index is 0.0478. The van der Waals surface area contributed by atoms with Crippen LogP contribution in [0.3, 0.4) is 0 Å². The molecule has 6 heteroatoms. The summed E-state index contributed by atoms with van der Waals surface area (Å²) < 4.78 is 21.2. The van der Waals surface area contributed by atoms with Gasteiger partial charge >= 0.3 is 0 Å². The maximum absolute atomic E-state index is 14.0. The highest BCUT2D eigenvalue weighted by Gasteiger charge is 2.64. The Hall–Kier alpha value is -3.15. The molecule has 36 heavy (non-hydrogen) atoms. The lowest BCUT2D eigenvalue weighted by molar-refractivity contribution is -0.150. The topological polar surface area (TPSA) is 47.4 Å². The highest BCUT2D eigenvalue weighted by atomic mass is 19.1. The largest absolute Gasteiger partial charge is 0.495 e. The number of rotatable bonds is 4. The fourth-order valence-electron chi connectivity index (χ4n) is 6.40. The van der Waals surface area contributed by atoms with Crippen LogP contribution in [0.15, 0.2) is 55.0 Å². The number of halogens is 1. The summed E-state index contributed by atoms with van der Waals surface area (Å²) in [5.41, 5.74) is 3.80. The molecule has 3 fully saturated rings. The summed E-state index contributed by atoms with van der Waals surface area (Å²) in [4.78, 5) is 20.5. The quantitative estimate of drug-likeness (QED) is 0.408. The van der Waals surface area contributed by atoms with Gasteiger partial charge in [0.15, 0.2) is 0 Å². The van der Waals surface area contributed by atoms with Crippen LogP contribution in [0.5, 0.6) is 5.75 Å². The summed E-state index contributed by atoms with van der Waals surface area (Å²) in [7, 11) is 1.69. The minimum atomic E-state index is -0.315. The van der Waals surface area contributed by atoms with E-state index in [0.717, 1.165) is 61.2 Å². The molecule has 0 N–H and O–H groups in total. The standard InChI is InChI=1S/C28H30FN3O2.C2H6/c1-18-16-31(17-30-18)25-11-8-20(14-26(25)34-2)23-15-28(23)13-12-22-4-3-5-24(32(22)27(28)33)19-6-9-21(29)10-7-19;1-2/h6-11,14,16-17,22-24H,3-5,12-13,15H2,1-2H3;1-2H3. The average Bonchev–Trinajstić information content (AvgIpc) is 3.49. The van der Waals surface area contributed by atoms with E-state index >= 15 is 0 Å². The maximum atomic E-state index is 14.0. The molecule has 2 aliphatic heterocycles. The van der Waals surface area contributed by atoms with E-state index in [1.165, 1.54) is 17.7 Å². The van der Waals surface area contributed by atoms with E-state index < -0.39 is 0 Å². The molecule has 1 spiro atoms. The molecule has 1 aromatic heterocycles. The third-order valence-corrected chi connectivity index (χ3v) is 8.25. The summed E-state index contributed by atoms with van der Waals surface area (Å²) in [6, 6.07) is 13.4. The summed E-state index contributed by atoms with van der Waals surface area (Å²) >= 11 is 0. The van der Waals surface area contributed by atoms with Crippen molar-refractivity contribution in [3.8, 4) is 11.4 Å². The van der Waals surface area contributed by atoms with Crippen LogP contribution in [0.2, 0.25) is 0 Å². The van der Waals surface area contributed by atoms with Crippen molar-refractivity contribution in [2.24, 2.45) is 5.41 Å². The summed E-state index contributed by atoms with van der Waals surface area (Å²) in [6.45, 7) is 5.97. The smallest absolute Gasteiger partial charge is 0.230 e. The second-order valence-corrected chi connectivity index (χ2v) is 10.2. The molecule has 6 rings (SSSR count). The lowest BCUT2D eigenvalue weighted by atomic mass is 9.79. The average molecular weight is 490 g/mol. The number of amides is 1. The van der Waals surface area contributed by atoms with Gasteiger partial charge in [-0.1, -0.05) is 32.0 Å².